The summed E-state index contributed by atoms with van der Waals surface area (Å²) in [4.78, 5) is 14.8. The van der Waals surface area contributed by atoms with Crippen LogP contribution >= 0.6 is 11.7 Å². The first-order valence-corrected chi connectivity index (χ1v) is 10.6. The van der Waals surface area contributed by atoms with Gasteiger partial charge in [-0.25, -0.2) is 0 Å². The molecule has 1 aliphatic rings. The minimum Gasteiger partial charge on any atom is -0.420 e. The van der Waals surface area contributed by atoms with E-state index >= 15 is 0 Å². The van der Waals surface area contributed by atoms with Gasteiger partial charge in [0.1, 0.15) is 11.0 Å². The summed E-state index contributed by atoms with van der Waals surface area (Å²) >= 11 is 1.10. The Morgan fingerprint density at radius 2 is 1.84 bits per heavy atom. The standard InChI is InChI=1S/C21H16F3N5O2S/c22-21(23,24)15-6-3-12(4-7-15)18-25-26-19(31-18)14-2-1-9-29(11-14)20(30)13-5-8-16-17(10-13)28-32-27-16/h3-8,10,14H,1-2,9,11H2. The molecule has 4 aromatic rings. The number of hydrogen-bond donors (Lipinski definition) is 0. The van der Waals surface area contributed by atoms with Crippen molar-refractivity contribution in [2.45, 2.75) is 24.9 Å². The number of rotatable bonds is 3. The van der Waals surface area contributed by atoms with Gasteiger partial charge >= 0.3 is 6.18 Å². The molecule has 1 saturated heterocycles. The zero-order chi connectivity index (χ0) is 22.3. The Hall–Kier alpha value is -3.34. The van der Waals surface area contributed by atoms with E-state index in [-0.39, 0.29) is 17.7 Å². The van der Waals surface area contributed by atoms with Crippen LogP contribution < -0.4 is 0 Å². The Bertz CT molecular complexity index is 1270. The number of fused-ring (bicyclic) bond motifs is 1. The van der Waals surface area contributed by atoms with E-state index in [1.165, 1.54) is 12.1 Å². The Kier molecular flexibility index (Phi) is 5.12. The van der Waals surface area contributed by atoms with Gasteiger partial charge in [0, 0.05) is 24.2 Å². The first kappa shape index (κ1) is 20.6. The van der Waals surface area contributed by atoms with Crippen molar-refractivity contribution < 1.29 is 22.4 Å². The van der Waals surface area contributed by atoms with Gasteiger partial charge in [-0.1, -0.05) is 0 Å². The third kappa shape index (κ3) is 3.95. The van der Waals surface area contributed by atoms with Gasteiger partial charge in [-0.3, -0.25) is 4.79 Å². The minimum absolute atomic E-state index is 0.105. The monoisotopic (exact) mass is 459 g/mol. The van der Waals surface area contributed by atoms with Crippen molar-refractivity contribution in [2.24, 2.45) is 0 Å². The molecule has 1 atom stereocenters. The maximum Gasteiger partial charge on any atom is 0.416 e. The average Bonchev–Trinajstić information content (AvgIpc) is 3.47. The highest BCUT2D eigenvalue weighted by atomic mass is 32.1. The molecular weight excluding hydrogens is 443 g/mol. The molecule has 1 amide bonds. The zero-order valence-corrected chi connectivity index (χ0v) is 17.4. The smallest absolute Gasteiger partial charge is 0.416 e. The van der Waals surface area contributed by atoms with Crippen molar-refractivity contribution >= 4 is 28.7 Å². The molecule has 1 aliphatic heterocycles. The molecule has 0 N–H and O–H groups in total. The predicted molar refractivity (Wildman–Crippen MR) is 110 cm³/mol. The lowest BCUT2D eigenvalue weighted by molar-refractivity contribution is -0.137. The highest BCUT2D eigenvalue weighted by Gasteiger charge is 2.31. The Balaban J connectivity index is 1.31. The highest BCUT2D eigenvalue weighted by Crippen LogP contribution is 2.32. The van der Waals surface area contributed by atoms with Crippen molar-refractivity contribution in [2.75, 3.05) is 13.1 Å². The fraction of sp³-hybridized carbons (Fsp3) is 0.286. The molecule has 7 nitrogen and oxygen atoms in total. The van der Waals surface area contributed by atoms with E-state index < -0.39 is 11.7 Å². The minimum atomic E-state index is -4.41. The van der Waals surface area contributed by atoms with Crippen LogP contribution in [0.5, 0.6) is 0 Å². The topological polar surface area (TPSA) is 85.0 Å². The highest BCUT2D eigenvalue weighted by molar-refractivity contribution is 7.00. The van der Waals surface area contributed by atoms with Crippen molar-refractivity contribution in [3.8, 4) is 11.5 Å². The summed E-state index contributed by atoms with van der Waals surface area (Å²) in [5, 5.41) is 8.09. The summed E-state index contributed by atoms with van der Waals surface area (Å²) in [6, 6.07) is 9.83. The largest absolute Gasteiger partial charge is 0.420 e. The quantitative estimate of drug-likeness (QED) is 0.438. The molecule has 32 heavy (non-hydrogen) atoms. The molecular formula is C21H16F3N5O2S. The van der Waals surface area contributed by atoms with E-state index in [9.17, 15) is 18.0 Å². The van der Waals surface area contributed by atoms with Crippen LogP contribution in [0.2, 0.25) is 0 Å². The van der Waals surface area contributed by atoms with Gasteiger partial charge in [0.15, 0.2) is 0 Å². The molecule has 11 heteroatoms. The van der Waals surface area contributed by atoms with Gasteiger partial charge in [-0.15, -0.1) is 10.2 Å². The van der Waals surface area contributed by atoms with Crippen LogP contribution in [0.25, 0.3) is 22.5 Å². The number of benzene rings is 2. The third-order valence-electron chi connectivity index (χ3n) is 5.46. The van der Waals surface area contributed by atoms with Crippen LogP contribution in [-0.4, -0.2) is 42.8 Å². The lowest BCUT2D eigenvalue weighted by Crippen LogP contribution is -2.39. The summed E-state index contributed by atoms with van der Waals surface area (Å²) in [5.74, 6) is 0.273. The molecule has 0 spiro atoms. The van der Waals surface area contributed by atoms with Crippen molar-refractivity contribution in [3.63, 3.8) is 0 Å². The van der Waals surface area contributed by atoms with Gasteiger partial charge < -0.3 is 9.32 Å². The van der Waals surface area contributed by atoms with E-state index in [4.69, 9.17) is 4.42 Å². The molecule has 2 aromatic carbocycles. The number of nitrogens with zero attached hydrogens (tertiary/aromatic N) is 5. The number of hydrogen-bond acceptors (Lipinski definition) is 7. The summed E-state index contributed by atoms with van der Waals surface area (Å²) in [6.45, 7) is 1.03. The number of piperidine rings is 1. The molecule has 0 radical (unpaired) electrons. The van der Waals surface area contributed by atoms with Gasteiger partial charge in [0.05, 0.1) is 23.2 Å². The lowest BCUT2D eigenvalue weighted by Gasteiger charge is -2.31. The van der Waals surface area contributed by atoms with E-state index in [1.54, 1.807) is 23.1 Å². The summed E-state index contributed by atoms with van der Waals surface area (Å²) in [5.41, 5.74) is 1.65. The number of aromatic nitrogens is 4. The molecule has 1 fully saturated rings. The summed E-state index contributed by atoms with van der Waals surface area (Å²) in [7, 11) is 0. The number of carbonyl (C=O) groups is 1. The first-order valence-electron chi connectivity index (χ1n) is 9.91. The molecule has 1 unspecified atom stereocenters. The zero-order valence-electron chi connectivity index (χ0n) is 16.5. The fourth-order valence-corrected chi connectivity index (χ4v) is 4.30. The average molecular weight is 459 g/mol. The maximum atomic E-state index is 13.0. The normalized spacial score (nSPS) is 17.1. The third-order valence-corrected chi connectivity index (χ3v) is 6.02. The number of halogens is 3. The van der Waals surface area contributed by atoms with E-state index in [0.29, 0.717) is 35.6 Å². The number of carbonyl (C=O) groups excluding carboxylic acids is 1. The molecule has 3 heterocycles. The van der Waals surface area contributed by atoms with Gasteiger partial charge in [-0.2, -0.15) is 21.9 Å². The van der Waals surface area contributed by atoms with E-state index in [1.807, 2.05) is 0 Å². The van der Waals surface area contributed by atoms with Crippen LogP contribution in [0.15, 0.2) is 46.9 Å². The van der Waals surface area contributed by atoms with Gasteiger partial charge in [0.25, 0.3) is 5.91 Å². The Labute approximate surface area is 184 Å². The van der Waals surface area contributed by atoms with Crippen molar-refractivity contribution in [1.29, 1.82) is 0 Å². The van der Waals surface area contributed by atoms with Crippen LogP contribution in [0.4, 0.5) is 13.2 Å². The first-order chi connectivity index (χ1) is 15.4. The molecule has 0 aliphatic carbocycles. The number of likely N-dealkylation sites (tertiary alicyclic amines) is 1. The van der Waals surface area contributed by atoms with E-state index in [0.717, 1.165) is 42.2 Å². The summed E-state index contributed by atoms with van der Waals surface area (Å²) in [6.07, 6.45) is -2.86. The second kappa shape index (κ2) is 7.97. The second-order valence-electron chi connectivity index (χ2n) is 7.58. The molecule has 164 valence electrons. The fourth-order valence-electron chi connectivity index (χ4n) is 3.78. The second-order valence-corrected chi connectivity index (χ2v) is 8.11. The van der Waals surface area contributed by atoms with Crippen LogP contribution in [0.3, 0.4) is 0 Å². The van der Waals surface area contributed by atoms with E-state index in [2.05, 4.69) is 18.9 Å². The van der Waals surface area contributed by atoms with Crippen molar-refractivity contribution in [1.82, 2.24) is 23.8 Å². The number of alkyl halides is 3. The molecule has 5 rings (SSSR count). The Morgan fingerprint density at radius 3 is 2.62 bits per heavy atom. The van der Waals surface area contributed by atoms with Gasteiger partial charge in [0.2, 0.25) is 11.8 Å². The number of amides is 1. The molecule has 2 aromatic heterocycles. The van der Waals surface area contributed by atoms with Crippen LogP contribution in [-0.2, 0) is 6.18 Å². The van der Waals surface area contributed by atoms with Crippen LogP contribution in [0, 0.1) is 0 Å². The predicted octanol–water partition coefficient (Wildman–Crippen LogP) is 4.78. The maximum absolute atomic E-state index is 13.0. The van der Waals surface area contributed by atoms with Crippen molar-refractivity contribution in [3.05, 3.63) is 59.5 Å². The lowest BCUT2D eigenvalue weighted by atomic mass is 9.97. The molecule has 0 saturated carbocycles. The Morgan fingerprint density at radius 1 is 1.06 bits per heavy atom. The SMILES string of the molecule is O=C(c1ccc2nsnc2c1)N1CCCC(c2nnc(-c3ccc(C(F)(F)F)cc3)o2)C1. The summed E-state index contributed by atoms with van der Waals surface area (Å²) < 4.78 is 52.4. The molecule has 0 bridgehead atoms. The van der Waals surface area contributed by atoms with Crippen LogP contribution in [0.1, 0.15) is 40.6 Å². The van der Waals surface area contributed by atoms with Gasteiger partial charge in [-0.05, 0) is 55.3 Å².